The van der Waals surface area contributed by atoms with Crippen LogP contribution in [0.4, 0.5) is 0 Å². The summed E-state index contributed by atoms with van der Waals surface area (Å²) in [6.07, 6.45) is 16.4. The first kappa shape index (κ1) is 24.5. The summed E-state index contributed by atoms with van der Waals surface area (Å²) in [5.74, 6) is 1.92. The second-order valence-corrected chi connectivity index (χ2v) is 9.93. The zero-order chi connectivity index (χ0) is 23.6. The number of rotatable bonds is 10. The van der Waals surface area contributed by atoms with Gasteiger partial charge >= 0.3 is 0 Å². The van der Waals surface area contributed by atoms with Crippen LogP contribution in [0.25, 0.3) is 11.3 Å². The second kappa shape index (κ2) is 12.8. The van der Waals surface area contributed by atoms with E-state index in [4.69, 9.17) is 4.98 Å². The lowest BCUT2D eigenvalue weighted by Gasteiger charge is -2.16. The maximum atomic E-state index is 4.90. The zero-order valence-corrected chi connectivity index (χ0v) is 21.0. The molecule has 4 rings (SSSR count). The first-order valence-electron chi connectivity index (χ1n) is 13.2. The molecule has 2 heterocycles. The Morgan fingerprint density at radius 1 is 0.912 bits per heavy atom. The monoisotopic (exact) mass is 456 g/mol. The van der Waals surface area contributed by atoms with Gasteiger partial charge in [-0.25, -0.2) is 9.97 Å². The summed E-state index contributed by atoms with van der Waals surface area (Å²) in [5.41, 5.74) is 6.05. The van der Waals surface area contributed by atoms with Crippen molar-refractivity contribution in [2.24, 2.45) is 0 Å². The molecule has 1 aliphatic carbocycles. The quantitative estimate of drug-likeness (QED) is 0.267. The Morgan fingerprint density at radius 3 is 2.41 bits per heavy atom. The molecule has 0 radical (unpaired) electrons. The van der Waals surface area contributed by atoms with Crippen molar-refractivity contribution < 1.29 is 0 Å². The van der Waals surface area contributed by atoms with Crippen molar-refractivity contribution in [2.45, 2.75) is 83.0 Å². The van der Waals surface area contributed by atoms with Gasteiger partial charge in [0.15, 0.2) is 0 Å². The summed E-state index contributed by atoms with van der Waals surface area (Å²) in [6, 6.07) is 15.6. The Morgan fingerprint density at radius 2 is 1.71 bits per heavy atom. The van der Waals surface area contributed by atoms with Gasteiger partial charge in [0.2, 0.25) is 0 Å². The molecule has 2 aromatic heterocycles. The Labute approximate surface area is 205 Å². The molecule has 1 atom stereocenters. The summed E-state index contributed by atoms with van der Waals surface area (Å²) >= 11 is 0. The topological polar surface area (TPSA) is 50.7 Å². The van der Waals surface area contributed by atoms with Crippen molar-refractivity contribution in [2.75, 3.05) is 13.6 Å². The lowest BCUT2D eigenvalue weighted by atomic mass is 9.90. The second-order valence-electron chi connectivity index (χ2n) is 9.93. The molecule has 1 fully saturated rings. The van der Waals surface area contributed by atoms with Crippen LogP contribution in [0.15, 0.2) is 54.9 Å². The van der Waals surface area contributed by atoms with Gasteiger partial charge in [0.1, 0.15) is 5.82 Å². The average Bonchev–Trinajstić information content (AvgIpc) is 3.17. The van der Waals surface area contributed by atoms with Crippen LogP contribution in [0.1, 0.15) is 92.8 Å². The molecule has 0 aliphatic heterocycles. The Bertz CT molecular complexity index is 989. The van der Waals surface area contributed by atoms with Gasteiger partial charge in [-0.1, -0.05) is 56.9 Å². The standard InChI is InChI=1S/C30H40N4/c1-23(21-24-12-14-26(15-13-24)25-9-5-3-4-6-10-25)30-32-20-18-29(34-30)27-16-17-28(33-22-27)11-7-8-19-31-2/h12-18,20,22-23,25,31H,3-11,19,21H2,1-2H3. The third-order valence-electron chi connectivity index (χ3n) is 7.19. The van der Waals surface area contributed by atoms with Crippen molar-refractivity contribution in [3.8, 4) is 11.3 Å². The molecule has 0 saturated heterocycles. The van der Waals surface area contributed by atoms with Crippen LogP contribution in [0.2, 0.25) is 0 Å². The predicted octanol–water partition coefficient (Wildman–Crippen LogP) is 6.86. The minimum atomic E-state index is 0.267. The average molecular weight is 457 g/mol. The van der Waals surface area contributed by atoms with E-state index in [0.717, 1.165) is 54.5 Å². The molecule has 4 nitrogen and oxygen atoms in total. The number of unbranched alkanes of at least 4 members (excludes halogenated alkanes) is 1. The Hall–Kier alpha value is -2.59. The number of hydrogen-bond donors (Lipinski definition) is 1. The maximum Gasteiger partial charge on any atom is 0.132 e. The van der Waals surface area contributed by atoms with Gasteiger partial charge in [0.25, 0.3) is 0 Å². The first-order valence-corrected chi connectivity index (χ1v) is 13.2. The third kappa shape index (κ3) is 6.96. The number of hydrogen-bond acceptors (Lipinski definition) is 4. The smallest absolute Gasteiger partial charge is 0.132 e. The molecule has 1 aromatic carbocycles. The van der Waals surface area contributed by atoms with E-state index in [0.29, 0.717) is 0 Å². The van der Waals surface area contributed by atoms with Crippen LogP contribution in [0.3, 0.4) is 0 Å². The highest BCUT2D eigenvalue weighted by Gasteiger charge is 2.15. The molecule has 1 saturated carbocycles. The highest BCUT2D eigenvalue weighted by molar-refractivity contribution is 5.57. The fourth-order valence-electron chi connectivity index (χ4n) is 5.09. The fourth-order valence-corrected chi connectivity index (χ4v) is 5.09. The Kier molecular flexibility index (Phi) is 9.20. The highest BCUT2D eigenvalue weighted by atomic mass is 14.9. The fraction of sp³-hybridized carbons (Fsp3) is 0.500. The van der Waals surface area contributed by atoms with Crippen LogP contribution in [-0.2, 0) is 12.8 Å². The normalized spacial score (nSPS) is 15.7. The van der Waals surface area contributed by atoms with Crippen molar-refractivity contribution in [3.05, 3.63) is 77.5 Å². The van der Waals surface area contributed by atoms with Gasteiger partial charge in [0, 0.05) is 29.6 Å². The number of aryl methyl sites for hydroxylation is 1. The number of aromatic nitrogens is 3. The van der Waals surface area contributed by atoms with Crippen LogP contribution in [-0.4, -0.2) is 28.5 Å². The Balaban J connectivity index is 1.36. The molecular weight excluding hydrogens is 416 g/mol. The molecule has 180 valence electrons. The van der Waals surface area contributed by atoms with E-state index in [1.165, 1.54) is 56.1 Å². The van der Waals surface area contributed by atoms with E-state index < -0.39 is 0 Å². The number of nitrogens with zero attached hydrogens (tertiary/aromatic N) is 3. The van der Waals surface area contributed by atoms with E-state index in [2.05, 4.69) is 58.6 Å². The molecule has 0 bridgehead atoms. The van der Waals surface area contributed by atoms with E-state index in [1.54, 1.807) is 0 Å². The molecule has 1 unspecified atom stereocenters. The number of benzene rings is 1. The van der Waals surface area contributed by atoms with Crippen LogP contribution < -0.4 is 5.32 Å². The maximum absolute atomic E-state index is 4.90. The summed E-state index contributed by atoms with van der Waals surface area (Å²) in [6.45, 7) is 3.29. The summed E-state index contributed by atoms with van der Waals surface area (Å²) in [5, 5.41) is 3.20. The van der Waals surface area contributed by atoms with Gasteiger partial charge in [-0.3, -0.25) is 4.98 Å². The molecule has 0 amide bonds. The van der Waals surface area contributed by atoms with Crippen LogP contribution in [0, 0.1) is 0 Å². The molecule has 3 aromatic rings. The zero-order valence-electron chi connectivity index (χ0n) is 21.0. The molecular formula is C30H40N4. The minimum Gasteiger partial charge on any atom is -0.320 e. The number of pyridine rings is 1. The van der Waals surface area contributed by atoms with E-state index in [9.17, 15) is 0 Å². The van der Waals surface area contributed by atoms with Gasteiger partial charge < -0.3 is 5.32 Å². The lowest BCUT2D eigenvalue weighted by Crippen LogP contribution is -2.07. The van der Waals surface area contributed by atoms with Crippen molar-refractivity contribution in [1.82, 2.24) is 20.3 Å². The number of nitrogens with one attached hydrogen (secondary N) is 1. The van der Waals surface area contributed by atoms with Gasteiger partial charge in [-0.2, -0.15) is 0 Å². The van der Waals surface area contributed by atoms with E-state index in [1.807, 2.05) is 25.5 Å². The van der Waals surface area contributed by atoms with Gasteiger partial charge in [-0.15, -0.1) is 0 Å². The van der Waals surface area contributed by atoms with Crippen LogP contribution >= 0.6 is 0 Å². The summed E-state index contributed by atoms with van der Waals surface area (Å²) < 4.78 is 0. The van der Waals surface area contributed by atoms with Crippen molar-refractivity contribution in [1.29, 1.82) is 0 Å². The summed E-state index contributed by atoms with van der Waals surface area (Å²) in [4.78, 5) is 14.2. The highest BCUT2D eigenvalue weighted by Crippen LogP contribution is 2.32. The van der Waals surface area contributed by atoms with Crippen molar-refractivity contribution in [3.63, 3.8) is 0 Å². The molecule has 0 spiro atoms. The lowest BCUT2D eigenvalue weighted by molar-refractivity contribution is 0.592. The first-order chi connectivity index (χ1) is 16.7. The van der Waals surface area contributed by atoms with Crippen LogP contribution in [0.5, 0.6) is 0 Å². The molecule has 34 heavy (non-hydrogen) atoms. The molecule has 1 aliphatic rings. The third-order valence-corrected chi connectivity index (χ3v) is 7.19. The SMILES string of the molecule is CNCCCCc1ccc(-c2ccnc(C(C)Cc3ccc(C4CCCCCC4)cc3)n2)cn1. The summed E-state index contributed by atoms with van der Waals surface area (Å²) in [7, 11) is 2.00. The molecule has 4 heteroatoms. The van der Waals surface area contributed by atoms with E-state index >= 15 is 0 Å². The minimum absolute atomic E-state index is 0.267. The predicted molar refractivity (Wildman–Crippen MR) is 141 cm³/mol. The van der Waals surface area contributed by atoms with Crippen molar-refractivity contribution >= 4 is 0 Å². The van der Waals surface area contributed by atoms with E-state index in [-0.39, 0.29) is 5.92 Å². The largest absolute Gasteiger partial charge is 0.320 e. The van der Waals surface area contributed by atoms with Gasteiger partial charge in [0.05, 0.1) is 5.69 Å². The van der Waals surface area contributed by atoms with Gasteiger partial charge in [-0.05, 0) is 87.4 Å². The molecule has 1 N–H and O–H groups in total.